The lowest BCUT2D eigenvalue weighted by Gasteiger charge is -2.23. The van der Waals surface area contributed by atoms with Gasteiger partial charge in [0.1, 0.15) is 12.4 Å². The van der Waals surface area contributed by atoms with Gasteiger partial charge in [-0.2, -0.15) is 13.2 Å². The molecule has 0 heterocycles. The van der Waals surface area contributed by atoms with E-state index in [1.807, 2.05) is 19.1 Å². The number of carboxylic acids is 1. The number of carboxylic acid groups (broad SMARTS) is 1. The molecule has 0 aliphatic heterocycles. The number of aliphatic carboxylic acids is 1. The van der Waals surface area contributed by atoms with Crippen LogP contribution in [0.4, 0.5) is 23.7 Å². The monoisotopic (exact) mass is 540 g/mol. The lowest BCUT2D eigenvalue weighted by Crippen LogP contribution is -2.40. The van der Waals surface area contributed by atoms with Gasteiger partial charge in [-0.1, -0.05) is 29.8 Å². The lowest BCUT2D eigenvalue weighted by atomic mass is 10.1. The molecule has 0 saturated heterocycles. The molecule has 0 radical (unpaired) electrons. The zero-order valence-electron chi connectivity index (χ0n) is 21.6. The molecule has 210 valence electrons. The molecule has 0 spiro atoms. The summed E-state index contributed by atoms with van der Waals surface area (Å²) in [7, 11) is 0. The molecule has 0 aliphatic rings. The second kappa shape index (κ2) is 15.8. The molecule has 0 aliphatic carbocycles. The summed E-state index contributed by atoms with van der Waals surface area (Å²) in [5.41, 5.74) is 2.43. The summed E-state index contributed by atoms with van der Waals surface area (Å²) < 4.78 is 53.2. The van der Waals surface area contributed by atoms with Gasteiger partial charge in [-0.15, -0.1) is 0 Å². The molecule has 0 aromatic heterocycles. The van der Waals surface area contributed by atoms with Crippen LogP contribution in [0, 0.1) is 6.92 Å². The van der Waals surface area contributed by atoms with Gasteiger partial charge in [0.15, 0.2) is 6.10 Å². The molecule has 2 N–H and O–H groups in total. The Morgan fingerprint density at radius 2 is 1.66 bits per heavy atom. The Morgan fingerprint density at radius 3 is 2.26 bits per heavy atom. The van der Waals surface area contributed by atoms with E-state index in [2.05, 4.69) is 5.32 Å². The van der Waals surface area contributed by atoms with E-state index in [9.17, 15) is 27.9 Å². The number of halogens is 3. The maximum atomic E-state index is 12.8. The highest BCUT2D eigenvalue weighted by Crippen LogP contribution is 2.21. The number of rotatable bonds is 16. The van der Waals surface area contributed by atoms with Gasteiger partial charge >= 0.3 is 18.2 Å². The fourth-order valence-electron chi connectivity index (χ4n) is 3.43. The van der Waals surface area contributed by atoms with Crippen LogP contribution in [0.1, 0.15) is 30.9 Å². The van der Waals surface area contributed by atoms with Crippen LogP contribution in [0.25, 0.3) is 0 Å². The minimum atomic E-state index is -4.22. The number of urea groups is 1. The van der Waals surface area contributed by atoms with Gasteiger partial charge in [-0.05, 0) is 50.1 Å². The van der Waals surface area contributed by atoms with Gasteiger partial charge in [-0.3, -0.25) is 0 Å². The number of carbonyl (C=O) groups excluding carboxylic acids is 1. The van der Waals surface area contributed by atoms with Gasteiger partial charge in [-0.25, -0.2) is 9.59 Å². The molecule has 1 atom stereocenters. The molecule has 2 aromatic rings. The summed E-state index contributed by atoms with van der Waals surface area (Å²) in [4.78, 5) is 25.6. The molecule has 2 amide bonds. The van der Waals surface area contributed by atoms with Crippen molar-refractivity contribution < 1.29 is 42.1 Å². The van der Waals surface area contributed by atoms with Crippen molar-refractivity contribution in [2.24, 2.45) is 0 Å². The third-order valence-electron chi connectivity index (χ3n) is 5.46. The number of amides is 2. The van der Waals surface area contributed by atoms with Gasteiger partial charge in [0, 0.05) is 38.3 Å². The third-order valence-corrected chi connectivity index (χ3v) is 5.46. The number of ether oxygens (including phenoxy) is 3. The molecule has 2 rings (SSSR count). The first-order valence-corrected chi connectivity index (χ1v) is 12.4. The maximum Gasteiger partial charge on any atom is 0.389 e. The molecule has 8 nitrogen and oxygen atoms in total. The Hall–Kier alpha value is -3.31. The van der Waals surface area contributed by atoms with Gasteiger partial charge < -0.3 is 29.5 Å². The second-order valence-corrected chi connectivity index (χ2v) is 8.59. The third kappa shape index (κ3) is 12.3. The van der Waals surface area contributed by atoms with E-state index < -0.39 is 24.7 Å². The Labute approximate surface area is 220 Å². The van der Waals surface area contributed by atoms with Crippen LogP contribution in [0.3, 0.4) is 0 Å². The number of nitrogens with one attached hydrogen (secondary N) is 1. The van der Waals surface area contributed by atoms with Crippen molar-refractivity contribution in [3.05, 3.63) is 59.7 Å². The highest BCUT2D eigenvalue weighted by molar-refractivity contribution is 5.89. The normalized spacial score (nSPS) is 12.1. The van der Waals surface area contributed by atoms with E-state index in [4.69, 9.17) is 14.2 Å². The molecule has 1 unspecified atom stereocenters. The zero-order valence-corrected chi connectivity index (χ0v) is 21.6. The largest absolute Gasteiger partial charge is 0.492 e. The quantitative estimate of drug-likeness (QED) is 0.281. The molecule has 11 heteroatoms. The van der Waals surface area contributed by atoms with E-state index in [1.54, 1.807) is 43.3 Å². The Bertz CT molecular complexity index is 984. The number of hydrogen-bond acceptors (Lipinski definition) is 5. The first-order valence-electron chi connectivity index (χ1n) is 12.4. The van der Waals surface area contributed by atoms with E-state index in [0.717, 1.165) is 11.1 Å². The van der Waals surface area contributed by atoms with Crippen LogP contribution in [0.15, 0.2) is 48.5 Å². The molecular formula is C27H35F3N2O6. The van der Waals surface area contributed by atoms with Gasteiger partial charge in [0.05, 0.1) is 13.2 Å². The van der Waals surface area contributed by atoms with Crippen LogP contribution >= 0.6 is 0 Å². The van der Waals surface area contributed by atoms with Crippen molar-refractivity contribution in [3.8, 4) is 5.75 Å². The number of nitrogens with zero attached hydrogens (tertiary/aromatic N) is 1. The summed E-state index contributed by atoms with van der Waals surface area (Å²) in [6.45, 7) is 4.52. The van der Waals surface area contributed by atoms with E-state index in [0.29, 0.717) is 18.0 Å². The van der Waals surface area contributed by atoms with E-state index >= 15 is 0 Å². The first kappa shape index (κ1) is 30.9. The molecular weight excluding hydrogens is 505 g/mol. The zero-order chi connectivity index (χ0) is 28.0. The predicted molar refractivity (Wildman–Crippen MR) is 137 cm³/mol. The first-order chi connectivity index (χ1) is 18.1. The summed E-state index contributed by atoms with van der Waals surface area (Å²) in [5.74, 6) is -0.486. The second-order valence-electron chi connectivity index (χ2n) is 8.59. The number of benzene rings is 2. The van der Waals surface area contributed by atoms with E-state index in [1.165, 1.54) is 4.90 Å². The van der Waals surface area contributed by atoms with Crippen molar-refractivity contribution in [2.75, 3.05) is 44.8 Å². The topological polar surface area (TPSA) is 97.3 Å². The van der Waals surface area contributed by atoms with Crippen LogP contribution in [-0.2, 0) is 20.7 Å². The van der Waals surface area contributed by atoms with Crippen molar-refractivity contribution in [1.29, 1.82) is 0 Å². The number of aryl methyl sites for hydroxylation is 1. The Balaban J connectivity index is 1.89. The SMILES string of the molecule is CCOC(Cc1ccc(OCCN(CCOCCCC(F)(F)F)C(=O)Nc2ccc(C)cc2)cc1)C(=O)O. The number of anilines is 1. The average molecular weight is 541 g/mol. The number of carbonyl (C=O) groups is 2. The van der Waals surface area contributed by atoms with Crippen molar-refractivity contribution in [3.63, 3.8) is 0 Å². The summed E-state index contributed by atoms with van der Waals surface area (Å²) in [6, 6.07) is 13.8. The summed E-state index contributed by atoms with van der Waals surface area (Å²) >= 11 is 0. The van der Waals surface area contributed by atoms with Gasteiger partial charge in [0.25, 0.3) is 0 Å². The minimum absolute atomic E-state index is 0.0538. The van der Waals surface area contributed by atoms with Gasteiger partial charge in [0.2, 0.25) is 0 Å². The smallest absolute Gasteiger partial charge is 0.389 e. The number of hydrogen-bond donors (Lipinski definition) is 2. The fourth-order valence-corrected chi connectivity index (χ4v) is 3.43. The van der Waals surface area contributed by atoms with Crippen molar-refractivity contribution in [2.45, 2.75) is 45.4 Å². The molecule has 38 heavy (non-hydrogen) atoms. The predicted octanol–water partition coefficient (Wildman–Crippen LogP) is 5.30. The van der Waals surface area contributed by atoms with Crippen molar-refractivity contribution in [1.82, 2.24) is 4.90 Å². The highest BCUT2D eigenvalue weighted by Gasteiger charge is 2.26. The van der Waals surface area contributed by atoms with Crippen LogP contribution in [0.2, 0.25) is 0 Å². The van der Waals surface area contributed by atoms with E-state index in [-0.39, 0.29) is 51.8 Å². The van der Waals surface area contributed by atoms with Crippen molar-refractivity contribution >= 4 is 17.7 Å². The molecule has 0 fully saturated rings. The molecule has 0 saturated carbocycles. The Morgan fingerprint density at radius 1 is 1.00 bits per heavy atom. The highest BCUT2D eigenvalue weighted by atomic mass is 19.4. The fraction of sp³-hybridized carbons (Fsp3) is 0.481. The van der Waals surface area contributed by atoms with Crippen LogP contribution in [0.5, 0.6) is 5.75 Å². The van der Waals surface area contributed by atoms with Crippen LogP contribution in [-0.4, -0.2) is 73.8 Å². The number of alkyl halides is 3. The minimum Gasteiger partial charge on any atom is -0.492 e. The summed E-state index contributed by atoms with van der Waals surface area (Å²) in [5, 5.41) is 12.0. The standard InChI is InChI=1S/C27H35F3N2O6/c1-3-37-24(25(33)34)19-21-7-11-23(12-8-21)38-18-15-32(14-17-36-16-4-13-27(28,29)30)26(35)31-22-9-5-20(2)6-10-22/h5-12,24H,3-4,13-19H2,1-2H3,(H,31,35)(H,33,34). The maximum absolute atomic E-state index is 12.8. The lowest BCUT2D eigenvalue weighted by molar-refractivity contribution is -0.150. The Kier molecular flexibility index (Phi) is 12.9. The molecule has 2 aromatic carbocycles. The molecule has 0 bridgehead atoms. The van der Waals surface area contributed by atoms with Crippen LogP contribution < -0.4 is 10.1 Å². The summed E-state index contributed by atoms with van der Waals surface area (Å²) in [6.07, 6.45) is -5.99. The average Bonchev–Trinajstić information content (AvgIpc) is 2.86.